The van der Waals surface area contributed by atoms with Gasteiger partial charge in [-0.3, -0.25) is 4.79 Å². The lowest BCUT2D eigenvalue weighted by Gasteiger charge is -2.48. The number of nitrogens with one attached hydrogen (secondary N) is 1. The first kappa shape index (κ1) is 61.3. The number of hydrogen-bond acceptors (Lipinski definition) is 12. The van der Waals surface area contributed by atoms with Crippen molar-refractivity contribution in [3.63, 3.8) is 0 Å². The predicted molar refractivity (Wildman–Crippen MR) is 276 cm³/mol. The van der Waals surface area contributed by atoms with Gasteiger partial charge in [-0.1, -0.05) is 198 Å². The van der Waals surface area contributed by atoms with Crippen LogP contribution < -0.4 is 5.32 Å². The number of carbonyl (C=O) groups excluding carboxylic acids is 3. The van der Waals surface area contributed by atoms with E-state index >= 15 is 0 Å². The minimum Gasteiger partial charge on any atom is -0.452 e. The van der Waals surface area contributed by atoms with Gasteiger partial charge in [0.05, 0.1) is 23.8 Å². The minimum atomic E-state index is -2.18. The summed E-state index contributed by atoms with van der Waals surface area (Å²) >= 11 is 0. The summed E-state index contributed by atoms with van der Waals surface area (Å²) in [6.07, 6.45) is 20.8. The summed E-state index contributed by atoms with van der Waals surface area (Å²) in [7, 11) is 0. The van der Waals surface area contributed by atoms with Gasteiger partial charge < -0.3 is 49.1 Å². The summed E-state index contributed by atoms with van der Waals surface area (Å²) in [5, 5.41) is 34.1. The van der Waals surface area contributed by atoms with Crippen molar-refractivity contribution in [1.29, 1.82) is 0 Å². The number of hydrogen-bond donors (Lipinski definition) is 4. The van der Waals surface area contributed by atoms with Gasteiger partial charge in [0.15, 0.2) is 18.0 Å². The molecule has 2 aromatic carbocycles. The van der Waals surface area contributed by atoms with E-state index in [9.17, 15) is 39.3 Å². The molecule has 1 amide bonds. The third-order valence-electron chi connectivity index (χ3n) is 13.1. The third-order valence-corrected chi connectivity index (χ3v) is 13.1. The summed E-state index contributed by atoms with van der Waals surface area (Å²) < 4.78 is 34.2. The van der Waals surface area contributed by atoms with Crippen molar-refractivity contribution in [3.05, 3.63) is 83.9 Å². The Kier molecular flexibility index (Phi) is 31.4. The zero-order chi connectivity index (χ0) is 52.2. The molecule has 72 heavy (non-hydrogen) atoms. The Bertz CT molecular complexity index is 1830. The van der Waals surface area contributed by atoms with Crippen molar-refractivity contribution < 1.29 is 67.7 Å². The highest BCUT2D eigenvalue weighted by Gasteiger charge is 2.57. The van der Waals surface area contributed by atoms with Crippen LogP contribution in [-0.2, 0) is 33.2 Å². The Morgan fingerprint density at radius 1 is 0.625 bits per heavy atom. The van der Waals surface area contributed by atoms with E-state index in [1.54, 1.807) is 54.6 Å². The lowest BCUT2D eigenvalue weighted by Crippen LogP contribution is -2.67. The smallest absolute Gasteiger partial charge is 0.452 e. The summed E-state index contributed by atoms with van der Waals surface area (Å²) in [5.74, 6) is -4.10. The van der Waals surface area contributed by atoms with Crippen molar-refractivity contribution in [2.45, 2.75) is 230 Å². The number of aliphatic hydroxyl groups excluding tert-OH is 1. The van der Waals surface area contributed by atoms with E-state index < -0.39 is 79.8 Å². The molecule has 15 heteroatoms. The van der Waals surface area contributed by atoms with E-state index in [2.05, 4.69) is 19.2 Å². The van der Waals surface area contributed by atoms with Gasteiger partial charge in [0.25, 0.3) is 0 Å². The molecule has 3 rings (SSSR count). The van der Waals surface area contributed by atoms with Crippen LogP contribution in [0.25, 0.3) is 0 Å². The highest BCUT2D eigenvalue weighted by atomic mass is 16.8. The zero-order valence-corrected chi connectivity index (χ0v) is 43.5. The van der Waals surface area contributed by atoms with Crippen LogP contribution in [0.3, 0.4) is 0 Å². The SMILES string of the molecule is CCCCCCCCCCCCC/C=C/[C@@H](OC(=O)c1ccccc1)[C@H](CO[C@]1(C)O[C@H](COC(=O)O)[C@H](OC(=O)O)[C@H](OC(=O)c2ccccc2)[C@H]1O)NC(=O)CCCCCCCCCCCCCCC. The fraction of sp³-hybridized carbons (Fsp3) is 0.667. The van der Waals surface area contributed by atoms with Crippen LogP contribution in [0, 0.1) is 0 Å². The number of unbranched alkanes of at least 4 members (excludes halogenated alkanes) is 23. The van der Waals surface area contributed by atoms with Gasteiger partial charge in [-0.05, 0) is 56.5 Å². The predicted octanol–water partition coefficient (Wildman–Crippen LogP) is 12.9. The van der Waals surface area contributed by atoms with Gasteiger partial charge in [0.1, 0.15) is 24.9 Å². The topological polar surface area (TPSA) is 213 Å². The van der Waals surface area contributed by atoms with Gasteiger partial charge in [-0.2, -0.15) is 0 Å². The van der Waals surface area contributed by atoms with Gasteiger partial charge in [0, 0.05) is 6.42 Å². The summed E-state index contributed by atoms with van der Waals surface area (Å²) in [5.41, 5.74) is 0.353. The first-order valence-electron chi connectivity index (χ1n) is 27.1. The van der Waals surface area contributed by atoms with Crippen LogP contribution in [0.1, 0.15) is 208 Å². The van der Waals surface area contributed by atoms with Gasteiger partial charge in [0.2, 0.25) is 5.91 Å². The molecule has 2 aromatic rings. The fourth-order valence-electron chi connectivity index (χ4n) is 8.92. The van der Waals surface area contributed by atoms with Crippen LogP contribution in [0.2, 0.25) is 0 Å². The number of benzene rings is 2. The van der Waals surface area contributed by atoms with E-state index in [-0.39, 0.29) is 23.5 Å². The molecular formula is C57H87NO14. The molecule has 0 aromatic heterocycles. The Morgan fingerprint density at radius 3 is 1.58 bits per heavy atom. The van der Waals surface area contributed by atoms with E-state index in [4.69, 9.17) is 28.4 Å². The number of carboxylic acid groups (broad SMARTS) is 2. The first-order chi connectivity index (χ1) is 34.9. The van der Waals surface area contributed by atoms with E-state index in [0.717, 1.165) is 44.9 Å². The van der Waals surface area contributed by atoms with Crippen LogP contribution in [0.5, 0.6) is 0 Å². The quantitative estimate of drug-likeness (QED) is 0.0212. The van der Waals surface area contributed by atoms with Crippen molar-refractivity contribution in [2.75, 3.05) is 13.2 Å². The molecule has 0 radical (unpaired) electrons. The van der Waals surface area contributed by atoms with E-state index in [1.165, 1.54) is 122 Å². The van der Waals surface area contributed by atoms with Gasteiger partial charge >= 0.3 is 24.2 Å². The molecule has 0 aliphatic carbocycles. The summed E-state index contributed by atoms with van der Waals surface area (Å²) in [6.45, 7) is 4.49. The molecule has 4 N–H and O–H groups in total. The van der Waals surface area contributed by atoms with Crippen LogP contribution in [0.15, 0.2) is 72.8 Å². The number of allylic oxidation sites excluding steroid dienone is 1. The maximum Gasteiger partial charge on any atom is 0.506 e. The Morgan fingerprint density at radius 2 is 1.10 bits per heavy atom. The minimum absolute atomic E-state index is 0.0699. The standard InChI is InChI=1S/C57H87NO14/c1-4-6-8-10-12-14-16-18-20-22-24-26-34-40-47(69-53(61)44-36-30-28-31-37-44)46(58-49(59)41-35-27-25-23-21-19-17-15-13-11-9-7-5-2)42-68-57(3)52(60)51(70-54(62)45-38-32-29-33-39-45)50(71-56(65)66)48(72-57)43-67-55(63)64/h28-34,36-40,46-48,50-52,60H,4-27,35,41-43H2,1-3H3,(H,58,59)(H,63,64)(H,65,66)/b40-34+/t46-,47+,48+,50-,51-,52+,57+/m0/s1. The molecule has 1 fully saturated rings. The molecule has 1 heterocycles. The molecule has 0 unspecified atom stereocenters. The van der Waals surface area contributed by atoms with Crippen LogP contribution >= 0.6 is 0 Å². The van der Waals surface area contributed by atoms with Crippen molar-refractivity contribution >= 4 is 30.2 Å². The average Bonchev–Trinajstić information content (AvgIpc) is 3.37. The lowest BCUT2D eigenvalue weighted by atomic mass is 9.92. The maximum absolute atomic E-state index is 13.8. The summed E-state index contributed by atoms with van der Waals surface area (Å²) in [4.78, 5) is 64.5. The number of ether oxygens (including phenoxy) is 6. The number of esters is 2. The molecule has 404 valence electrons. The summed E-state index contributed by atoms with van der Waals surface area (Å²) in [6, 6.07) is 15.1. The molecule has 0 spiro atoms. The Balaban J connectivity index is 1.83. The van der Waals surface area contributed by atoms with Crippen molar-refractivity contribution in [1.82, 2.24) is 5.32 Å². The lowest BCUT2D eigenvalue weighted by molar-refractivity contribution is -0.357. The molecule has 1 aliphatic rings. The molecule has 0 bridgehead atoms. The van der Waals surface area contributed by atoms with Crippen LogP contribution in [-0.4, -0.2) is 101 Å². The van der Waals surface area contributed by atoms with Crippen molar-refractivity contribution in [3.8, 4) is 0 Å². The maximum atomic E-state index is 13.8. The second-order valence-corrected chi connectivity index (χ2v) is 19.2. The second kappa shape index (κ2) is 36.8. The molecule has 1 saturated heterocycles. The second-order valence-electron chi connectivity index (χ2n) is 19.2. The monoisotopic (exact) mass is 1010 g/mol. The number of rotatable bonds is 39. The highest BCUT2D eigenvalue weighted by molar-refractivity contribution is 5.90. The zero-order valence-electron chi connectivity index (χ0n) is 43.5. The van der Waals surface area contributed by atoms with E-state index in [1.807, 2.05) is 6.08 Å². The normalized spacial score (nSPS) is 19.6. The Hall–Kier alpha value is -4.99. The third kappa shape index (κ3) is 25.1. The highest BCUT2D eigenvalue weighted by Crippen LogP contribution is 2.35. The fourth-order valence-corrected chi connectivity index (χ4v) is 8.92. The molecule has 15 nitrogen and oxygen atoms in total. The first-order valence-corrected chi connectivity index (χ1v) is 27.1. The van der Waals surface area contributed by atoms with Gasteiger partial charge in [-0.15, -0.1) is 0 Å². The van der Waals surface area contributed by atoms with Crippen LogP contribution in [0.4, 0.5) is 9.59 Å². The largest absolute Gasteiger partial charge is 0.506 e. The van der Waals surface area contributed by atoms with Gasteiger partial charge in [-0.25, -0.2) is 19.2 Å². The number of aliphatic hydroxyl groups is 1. The molecule has 7 atom stereocenters. The average molecular weight is 1010 g/mol. The Labute approximate surface area is 429 Å². The molecule has 0 saturated carbocycles. The molecular weight excluding hydrogens is 923 g/mol. The van der Waals surface area contributed by atoms with Crippen molar-refractivity contribution in [2.24, 2.45) is 0 Å². The molecule has 1 aliphatic heterocycles. The number of amides is 1. The van der Waals surface area contributed by atoms with E-state index in [0.29, 0.717) is 12.8 Å². The number of carbonyl (C=O) groups is 5.